The van der Waals surface area contributed by atoms with Crippen LogP contribution in [0.2, 0.25) is 0 Å². The third-order valence-electron chi connectivity index (χ3n) is 3.92. The Balaban J connectivity index is 1.35. The van der Waals surface area contributed by atoms with Crippen LogP contribution in [-0.2, 0) is 9.47 Å². The van der Waals surface area contributed by atoms with E-state index >= 15 is 0 Å². The highest BCUT2D eigenvalue weighted by molar-refractivity contribution is 7.09. The number of aryl methyl sites for hydroxylation is 1. The first-order valence-electron chi connectivity index (χ1n) is 8.31. The summed E-state index contributed by atoms with van der Waals surface area (Å²) in [5.74, 6) is -0.104. The summed E-state index contributed by atoms with van der Waals surface area (Å²) in [6.07, 6.45) is 5.07. The molecule has 2 N–H and O–H groups in total. The molecule has 0 radical (unpaired) electrons. The number of aromatic amines is 1. The Kier molecular flexibility index (Phi) is 6.01. The molecule has 1 aliphatic heterocycles. The van der Waals surface area contributed by atoms with E-state index in [2.05, 4.69) is 15.3 Å². The number of carbonyl (C=O) groups is 1. The van der Waals surface area contributed by atoms with Crippen molar-refractivity contribution < 1.29 is 14.3 Å². The Bertz CT molecular complexity index is 662. The minimum atomic E-state index is -0.104. The Morgan fingerprint density at radius 1 is 1.58 bits per heavy atom. The fourth-order valence-corrected chi connectivity index (χ4v) is 3.25. The van der Waals surface area contributed by atoms with Gasteiger partial charge in [0.15, 0.2) is 0 Å². The van der Waals surface area contributed by atoms with E-state index in [0.717, 1.165) is 42.1 Å². The zero-order chi connectivity index (χ0) is 16.8. The summed E-state index contributed by atoms with van der Waals surface area (Å²) in [4.78, 5) is 19.5. The summed E-state index contributed by atoms with van der Waals surface area (Å²) in [6, 6.07) is 1.83. The zero-order valence-electron chi connectivity index (χ0n) is 13.8. The molecule has 1 amide bonds. The highest BCUT2D eigenvalue weighted by Gasteiger charge is 2.15. The maximum atomic E-state index is 12.1. The van der Waals surface area contributed by atoms with Crippen LogP contribution in [0.5, 0.6) is 0 Å². The van der Waals surface area contributed by atoms with Crippen LogP contribution < -0.4 is 5.32 Å². The molecular formula is C17H23N3O3S. The number of hydrogen-bond acceptors (Lipinski definition) is 5. The quantitative estimate of drug-likeness (QED) is 0.719. The molecule has 1 unspecified atom stereocenters. The molecule has 2 aromatic rings. The smallest absolute Gasteiger partial charge is 0.267 e. The van der Waals surface area contributed by atoms with Crippen molar-refractivity contribution in [2.24, 2.45) is 0 Å². The molecule has 7 heteroatoms. The van der Waals surface area contributed by atoms with Gasteiger partial charge in [0.1, 0.15) is 5.69 Å². The van der Waals surface area contributed by atoms with Crippen LogP contribution in [0.25, 0.3) is 11.3 Å². The van der Waals surface area contributed by atoms with Crippen LogP contribution in [0, 0.1) is 6.92 Å². The number of nitrogens with zero attached hydrogens (tertiary/aromatic N) is 1. The summed E-state index contributed by atoms with van der Waals surface area (Å²) in [7, 11) is 0. The van der Waals surface area contributed by atoms with Crippen molar-refractivity contribution in [3.05, 3.63) is 28.3 Å². The summed E-state index contributed by atoms with van der Waals surface area (Å²) in [5.41, 5.74) is 2.38. The molecule has 0 bridgehead atoms. The number of hydrogen-bond donors (Lipinski definition) is 2. The number of nitrogens with one attached hydrogen (secondary N) is 2. The predicted molar refractivity (Wildman–Crippen MR) is 93.4 cm³/mol. The molecular weight excluding hydrogens is 326 g/mol. The molecule has 1 atom stereocenters. The molecule has 3 rings (SSSR count). The lowest BCUT2D eigenvalue weighted by atomic mass is 10.2. The number of aromatic nitrogens is 2. The van der Waals surface area contributed by atoms with Gasteiger partial charge in [0.2, 0.25) is 0 Å². The van der Waals surface area contributed by atoms with Crippen molar-refractivity contribution in [1.82, 2.24) is 15.3 Å². The maximum Gasteiger partial charge on any atom is 0.267 e. The highest BCUT2D eigenvalue weighted by Crippen LogP contribution is 2.22. The number of H-pyrrole nitrogens is 1. The maximum absolute atomic E-state index is 12.1. The predicted octanol–water partition coefficient (Wildman–Crippen LogP) is 2.76. The van der Waals surface area contributed by atoms with E-state index in [9.17, 15) is 4.79 Å². The molecule has 1 aliphatic rings. The SMILES string of the molecule is Cc1nc(-c2c[nH]c(C(=O)NCCCOCC3CCCO3)c2)cs1. The van der Waals surface area contributed by atoms with Gasteiger partial charge in [-0.2, -0.15) is 0 Å². The standard InChI is InChI=1S/C17H23N3O3S/c1-12-20-16(11-24-12)13-8-15(19-9-13)17(21)18-5-3-6-22-10-14-4-2-7-23-14/h8-9,11,14,19H,2-7,10H2,1H3,(H,18,21). The summed E-state index contributed by atoms with van der Waals surface area (Å²) >= 11 is 1.60. The second-order valence-electron chi connectivity index (χ2n) is 5.87. The van der Waals surface area contributed by atoms with Crippen molar-refractivity contribution in [2.75, 3.05) is 26.4 Å². The topological polar surface area (TPSA) is 76.2 Å². The summed E-state index contributed by atoms with van der Waals surface area (Å²) < 4.78 is 11.1. The Morgan fingerprint density at radius 2 is 2.50 bits per heavy atom. The highest BCUT2D eigenvalue weighted by atomic mass is 32.1. The zero-order valence-corrected chi connectivity index (χ0v) is 14.7. The molecule has 24 heavy (non-hydrogen) atoms. The van der Waals surface area contributed by atoms with Crippen molar-refractivity contribution in [2.45, 2.75) is 32.3 Å². The lowest BCUT2D eigenvalue weighted by Gasteiger charge is -2.10. The monoisotopic (exact) mass is 349 g/mol. The van der Waals surface area contributed by atoms with Gasteiger partial charge in [0.05, 0.1) is 23.4 Å². The Hall–Kier alpha value is -1.70. The van der Waals surface area contributed by atoms with E-state index in [-0.39, 0.29) is 12.0 Å². The van der Waals surface area contributed by atoms with Gasteiger partial charge in [-0.25, -0.2) is 4.98 Å². The molecule has 0 spiro atoms. The summed E-state index contributed by atoms with van der Waals surface area (Å²) in [6.45, 7) is 4.70. The van der Waals surface area contributed by atoms with Crippen LogP contribution in [-0.4, -0.2) is 48.3 Å². The van der Waals surface area contributed by atoms with Gasteiger partial charge in [-0.05, 0) is 32.3 Å². The molecule has 1 saturated heterocycles. The second-order valence-corrected chi connectivity index (χ2v) is 6.94. The van der Waals surface area contributed by atoms with E-state index in [4.69, 9.17) is 9.47 Å². The van der Waals surface area contributed by atoms with Gasteiger partial charge in [0.25, 0.3) is 5.91 Å². The Morgan fingerprint density at radius 3 is 3.25 bits per heavy atom. The van der Waals surface area contributed by atoms with Crippen molar-refractivity contribution in [3.8, 4) is 11.3 Å². The van der Waals surface area contributed by atoms with E-state index < -0.39 is 0 Å². The lowest BCUT2D eigenvalue weighted by Crippen LogP contribution is -2.26. The van der Waals surface area contributed by atoms with Crippen LogP contribution in [0.4, 0.5) is 0 Å². The minimum absolute atomic E-state index is 0.104. The van der Waals surface area contributed by atoms with Crippen LogP contribution in [0.1, 0.15) is 34.8 Å². The number of rotatable bonds is 8. The van der Waals surface area contributed by atoms with Crippen molar-refractivity contribution >= 4 is 17.2 Å². The van der Waals surface area contributed by atoms with Crippen LogP contribution in [0.3, 0.4) is 0 Å². The number of thiazole rings is 1. The number of amides is 1. The molecule has 0 aliphatic carbocycles. The Labute approximate surface area is 145 Å². The first-order chi connectivity index (χ1) is 11.7. The van der Waals surface area contributed by atoms with E-state index in [1.54, 1.807) is 11.3 Å². The molecule has 0 aromatic carbocycles. The molecule has 3 heterocycles. The number of ether oxygens (including phenoxy) is 2. The minimum Gasteiger partial charge on any atom is -0.379 e. The van der Waals surface area contributed by atoms with Gasteiger partial charge in [-0.15, -0.1) is 11.3 Å². The number of carbonyl (C=O) groups excluding carboxylic acids is 1. The van der Waals surface area contributed by atoms with Gasteiger partial charge >= 0.3 is 0 Å². The van der Waals surface area contributed by atoms with Crippen molar-refractivity contribution in [3.63, 3.8) is 0 Å². The van der Waals surface area contributed by atoms with Gasteiger partial charge in [-0.1, -0.05) is 0 Å². The van der Waals surface area contributed by atoms with Gasteiger partial charge in [-0.3, -0.25) is 4.79 Å². The molecule has 1 fully saturated rings. The summed E-state index contributed by atoms with van der Waals surface area (Å²) in [5, 5.41) is 5.90. The third-order valence-corrected chi connectivity index (χ3v) is 4.69. The van der Waals surface area contributed by atoms with E-state index in [1.165, 1.54) is 0 Å². The first-order valence-corrected chi connectivity index (χ1v) is 9.19. The lowest BCUT2D eigenvalue weighted by molar-refractivity contribution is 0.0166. The average molecular weight is 349 g/mol. The second kappa shape index (κ2) is 8.41. The third kappa shape index (κ3) is 4.66. The first kappa shape index (κ1) is 17.1. The fraction of sp³-hybridized carbons (Fsp3) is 0.529. The van der Waals surface area contributed by atoms with Crippen LogP contribution in [0.15, 0.2) is 17.6 Å². The average Bonchev–Trinajstić information content (AvgIpc) is 3.31. The fourth-order valence-electron chi connectivity index (χ4n) is 2.63. The molecule has 6 nitrogen and oxygen atoms in total. The molecule has 2 aromatic heterocycles. The van der Waals surface area contributed by atoms with Crippen molar-refractivity contribution in [1.29, 1.82) is 0 Å². The van der Waals surface area contributed by atoms with Gasteiger partial charge in [0, 0.05) is 36.9 Å². The largest absolute Gasteiger partial charge is 0.379 e. The van der Waals surface area contributed by atoms with Gasteiger partial charge < -0.3 is 19.8 Å². The van der Waals surface area contributed by atoms with E-state index in [0.29, 0.717) is 25.5 Å². The molecule has 0 saturated carbocycles. The molecule has 130 valence electrons. The van der Waals surface area contributed by atoms with E-state index in [1.807, 2.05) is 24.6 Å². The van der Waals surface area contributed by atoms with Crippen LogP contribution >= 0.6 is 11.3 Å². The normalized spacial score (nSPS) is 17.3.